The minimum atomic E-state index is 0.441. The van der Waals surface area contributed by atoms with Gasteiger partial charge in [0.2, 0.25) is 0 Å². The number of benzene rings is 1. The Morgan fingerprint density at radius 2 is 2.11 bits per heavy atom. The average molecular weight is 279 g/mol. The summed E-state index contributed by atoms with van der Waals surface area (Å²) in [5.41, 5.74) is 1.34. The maximum atomic E-state index is 5.95. The van der Waals surface area contributed by atoms with Crippen molar-refractivity contribution < 1.29 is 0 Å². The van der Waals surface area contributed by atoms with Crippen molar-refractivity contribution in [2.24, 2.45) is 5.92 Å². The van der Waals surface area contributed by atoms with Crippen LogP contribution in [0.1, 0.15) is 37.3 Å². The van der Waals surface area contributed by atoms with Crippen LogP contribution in [0.3, 0.4) is 0 Å². The van der Waals surface area contributed by atoms with E-state index in [9.17, 15) is 0 Å². The van der Waals surface area contributed by atoms with Crippen LogP contribution in [0.5, 0.6) is 0 Å². The zero-order chi connectivity index (χ0) is 13.2. The third kappa shape index (κ3) is 2.96. The Balaban J connectivity index is 1.56. The molecule has 2 nitrogen and oxygen atoms in total. The van der Waals surface area contributed by atoms with Crippen molar-refractivity contribution in [1.82, 2.24) is 10.2 Å². The van der Waals surface area contributed by atoms with Gasteiger partial charge in [-0.25, -0.2) is 0 Å². The van der Waals surface area contributed by atoms with Crippen LogP contribution >= 0.6 is 11.6 Å². The summed E-state index contributed by atoms with van der Waals surface area (Å²) in [6, 6.07) is 9.57. The highest BCUT2D eigenvalue weighted by atomic mass is 35.5. The zero-order valence-corrected chi connectivity index (χ0v) is 12.4. The van der Waals surface area contributed by atoms with Gasteiger partial charge in [-0.1, -0.05) is 23.7 Å². The van der Waals surface area contributed by atoms with E-state index in [0.717, 1.165) is 17.0 Å². The molecule has 1 heterocycles. The number of fused-ring (bicyclic) bond motifs is 2. The summed E-state index contributed by atoms with van der Waals surface area (Å²) in [6.07, 6.45) is 5.52. The molecule has 1 aliphatic heterocycles. The van der Waals surface area contributed by atoms with Crippen molar-refractivity contribution in [3.63, 3.8) is 0 Å². The number of halogens is 1. The minimum Gasteiger partial charge on any atom is -0.313 e. The summed E-state index contributed by atoms with van der Waals surface area (Å²) in [7, 11) is 2.05. The highest BCUT2D eigenvalue weighted by Gasteiger charge is 2.37. The first kappa shape index (κ1) is 13.4. The third-order valence-corrected chi connectivity index (χ3v) is 5.10. The first-order valence-electron chi connectivity index (χ1n) is 7.43. The lowest BCUT2D eigenvalue weighted by Crippen LogP contribution is -2.34. The van der Waals surface area contributed by atoms with Gasteiger partial charge in [-0.2, -0.15) is 0 Å². The largest absolute Gasteiger partial charge is 0.313 e. The molecule has 1 aromatic rings. The maximum Gasteiger partial charge on any atom is 0.0406 e. The highest BCUT2D eigenvalue weighted by Crippen LogP contribution is 2.37. The molecule has 3 atom stereocenters. The number of nitrogens with zero attached hydrogens (tertiary/aromatic N) is 1. The molecule has 0 radical (unpaired) electrons. The summed E-state index contributed by atoms with van der Waals surface area (Å²) in [5.74, 6) is 0.994. The summed E-state index contributed by atoms with van der Waals surface area (Å²) in [6.45, 7) is 2.55. The van der Waals surface area contributed by atoms with E-state index < -0.39 is 0 Å². The first-order valence-corrected chi connectivity index (χ1v) is 7.81. The number of piperidine rings is 1. The molecule has 104 valence electrons. The van der Waals surface area contributed by atoms with E-state index >= 15 is 0 Å². The van der Waals surface area contributed by atoms with Crippen molar-refractivity contribution in [2.45, 2.75) is 37.8 Å². The lowest BCUT2D eigenvalue weighted by Gasteiger charge is -2.28. The minimum absolute atomic E-state index is 0.441. The van der Waals surface area contributed by atoms with Crippen LogP contribution in [0, 0.1) is 5.92 Å². The molecule has 3 heteroatoms. The Bertz CT molecular complexity index is 417. The van der Waals surface area contributed by atoms with E-state index in [4.69, 9.17) is 11.6 Å². The van der Waals surface area contributed by atoms with Gasteiger partial charge < -0.3 is 10.2 Å². The molecular formula is C16H23ClN2. The summed E-state index contributed by atoms with van der Waals surface area (Å²) < 4.78 is 0. The topological polar surface area (TPSA) is 15.3 Å². The van der Waals surface area contributed by atoms with Crippen molar-refractivity contribution >= 4 is 11.6 Å². The van der Waals surface area contributed by atoms with Gasteiger partial charge in [0.25, 0.3) is 0 Å². The zero-order valence-electron chi connectivity index (χ0n) is 11.6. The monoisotopic (exact) mass is 278 g/mol. The number of hydrogen-bond acceptors (Lipinski definition) is 2. The average Bonchev–Trinajstić information content (AvgIpc) is 3.04. The fraction of sp³-hybridized carbons (Fsp3) is 0.625. The first-order chi connectivity index (χ1) is 9.26. The molecule has 3 unspecified atom stereocenters. The molecule has 0 aromatic heterocycles. The van der Waals surface area contributed by atoms with Crippen LogP contribution in [0.4, 0.5) is 0 Å². The van der Waals surface area contributed by atoms with Crippen LogP contribution in [-0.2, 0) is 0 Å². The predicted molar refractivity (Wildman–Crippen MR) is 80.6 cm³/mol. The molecule has 2 aliphatic rings. The Morgan fingerprint density at radius 3 is 2.68 bits per heavy atom. The maximum absolute atomic E-state index is 5.95. The quantitative estimate of drug-likeness (QED) is 0.887. The Hall–Kier alpha value is -0.570. The van der Waals surface area contributed by atoms with Gasteiger partial charge in [0.05, 0.1) is 0 Å². The van der Waals surface area contributed by atoms with Crippen LogP contribution in [0.2, 0.25) is 5.02 Å². The van der Waals surface area contributed by atoms with Gasteiger partial charge in [-0.3, -0.25) is 0 Å². The number of nitrogens with one attached hydrogen (secondary N) is 1. The molecule has 1 aliphatic carbocycles. The smallest absolute Gasteiger partial charge is 0.0406 e. The second kappa shape index (κ2) is 5.82. The molecule has 1 saturated heterocycles. The number of hydrogen-bond donors (Lipinski definition) is 1. The van der Waals surface area contributed by atoms with Crippen molar-refractivity contribution in [1.29, 1.82) is 0 Å². The van der Waals surface area contributed by atoms with Crippen LogP contribution in [0.15, 0.2) is 24.3 Å². The summed E-state index contributed by atoms with van der Waals surface area (Å²) in [4.78, 5) is 2.70. The van der Waals surface area contributed by atoms with Gasteiger partial charge in [0, 0.05) is 30.2 Å². The molecule has 0 amide bonds. The lowest BCUT2D eigenvalue weighted by molar-refractivity contribution is 0.203. The van der Waals surface area contributed by atoms with E-state index in [1.807, 2.05) is 12.1 Å². The Morgan fingerprint density at radius 1 is 1.32 bits per heavy atom. The second-order valence-electron chi connectivity index (χ2n) is 6.01. The van der Waals surface area contributed by atoms with Gasteiger partial charge in [0.15, 0.2) is 0 Å². The second-order valence-corrected chi connectivity index (χ2v) is 6.45. The number of rotatable bonds is 5. The van der Waals surface area contributed by atoms with Crippen LogP contribution in [0.25, 0.3) is 0 Å². The van der Waals surface area contributed by atoms with Crippen molar-refractivity contribution in [2.75, 3.05) is 20.1 Å². The van der Waals surface area contributed by atoms with E-state index in [0.29, 0.717) is 6.04 Å². The molecule has 0 spiro atoms. The van der Waals surface area contributed by atoms with Gasteiger partial charge in [-0.15, -0.1) is 0 Å². The summed E-state index contributed by atoms with van der Waals surface area (Å²) in [5, 5.41) is 4.25. The molecule has 2 bridgehead atoms. The molecular weight excluding hydrogens is 256 g/mol. The fourth-order valence-electron chi connectivity index (χ4n) is 3.77. The standard InChI is InChI=1S/C16H23ClN2/c1-18-16(13-3-5-14(17)6-4-13)8-9-19-11-12-2-7-15(19)10-12/h3-6,12,15-16,18H,2,7-11H2,1H3. The summed E-state index contributed by atoms with van der Waals surface area (Å²) >= 11 is 5.95. The van der Waals surface area contributed by atoms with Crippen LogP contribution < -0.4 is 5.32 Å². The third-order valence-electron chi connectivity index (χ3n) is 4.85. The lowest BCUT2D eigenvalue weighted by atomic mass is 10.0. The molecule has 3 rings (SSSR count). The number of likely N-dealkylation sites (tertiary alicyclic amines) is 1. The van der Waals surface area contributed by atoms with Gasteiger partial charge in [0.1, 0.15) is 0 Å². The van der Waals surface area contributed by atoms with E-state index in [1.165, 1.54) is 44.3 Å². The highest BCUT2D eigenvalue weighted by molar-refractivity contribution is 6.30. The molecule has 1 saturated carbocycles. The van der Waals surface area contributed by atoms with E-state index in [2.05, 4.69) is 29.4 Å². The Kier molecular flexibility index (Phi) is 4.11. The van der Waals surface area contributed by atoms with E-state index in [-0.39, 0.29) is 0 Å². The van der Waals surface area contributed by atoms with E-state index in [1.54, 1.807) is 0 Å². The van der Waals surface area contributed by atoms with Gasteiger partial charge >= 0.3 is 0 Å². The van der Waals surface area contributed by atoms with Crippen LogP contribution in [-0.4, -0.2) is 31.1 Å². The van der Waals surface area contributed by atoms with Crippen molar-refractivity contribution in [3.8, 4) is 0 Å². The van der Waals surface area contributed by atoms with Gasteiger partial charge in [-0.05, 0) is 56.3 Å². The molecule has 1 aromatic carbocycles. The fourth-order valence-corrected chi connectivity index (χ4v) is 3.89. The Labute approximate surface area is 121 Å². The molecule has 1 N–H and O–H groups in total. The molecule has 19 heavy (non-hydrogen) atoms. The van der Waals surface area contributed by atoms with Crippen molar-refractivity contribution in [3.05, 3.63) is 34.9 Å². The molecule has 2 fully saturated rings. The SMILES string of the molecule is CNC(CCN1CC2CCC1C2)c1ccc(Cl)cc1. The normalized spacial score (nSPS) is 27.9. The predicted octanol–water partition coefficient (Wildman–Crippen LogP) is 3.47.